The number of hydrogen-bond acceptors (Lipinski definition) is 3. The summed E-state index contributed by atoms with van der Waals surface area (Å²) in [6.07, 6.45) is -0.549. The molecule has 0 saturated carbocycles. The number of carbonyl (C=O) groups excluding carboxylic acids is 2. The molecule has 1 fully saturated rings. The van der Waals surface area contributed by atoms with Gasteiger partial charge in [0.25, 0.3) is 0 Å². The van der Waals surface area contributed by atoms with Crippen molar-refractivity contribution >= 4 is 27.6 Å². The number of carbonyl (C=O) groups is 2. The smallest absolute Gasteiger partial charge is 0.245 e. The lowest BCUT2D eigenvalue weighted by atomic mass is 9.92. The Morgan fingerprint density at radius 2 is 2.00 bits per heavy atom. The van der Waals surface area contributed by atoms with E-state index >= 15 is 0 Å². The van der Waals surface area contributed by atoms with Crippen LogP contribution in [0.25, 0.3) is 0 Å². The first-order valence-corrected chi connectivity index (χ1v) is 5.82. The minimum atomic E-state index is -0.849. The molecule has 15 heavy (non-hydrogen) atoms. The van der Waals surface area contributed by atoms with Crippen molar-refractivity contribution in [2.75, 3.05) is 6.54 Å². The van der Waals surface area contributed by atoms with E-state index in [2.05, 4.69) is 15.9 Å². The van der Waals surface area contributed by atoms with Crippen LogP contribution in [-0.4, -0.2) is 39.3 Å². The number of nitrogens with zero attached hydrogens (tertiary/aromatic N) is 1. The van der Waals surface area contributed by atoms with Gasteiger partial charge in [0.15, 0.2) is 10.6 Å². The standard InChI is InChI=1S/C10H16BrNO3/c1-10(2,3)9(15)12-5-4-6(13)7(11)8(12)14/h7,9,15H,4-5H2,1-3H3/t7?,9-/m1/s1. The van der Waals surface area contributed by atoms with Crippen molar-refractivity contribution in [1.29, 1.82) is 0 Å². The van der Waals surface area contributed by atoms with Crippen LogP contribution in [0, 0.1) is 5.41 Å². The quantitative estimate of drug-likeness (QED) is 0.573. The van der Waals surface area contributed by atoms with E-state index in [9.17, 15) is 14.7 Å². The highest BCUT2D eigenvalue weighted by molar-refractivity contribution is 9.10. The van der Waals surface area contributed by atoms with Crippen molar-refractivity contribution < 1.29 is 14.7 Å². The van der Waals surface area contributed by atoms with E-state index in [1.54, 1.807) is 0 Å². The van der Waals surface area contributed by atoms with Crippen LogP contribution < -0.4 is 0 Å². The third-order valence-corrected chi connectivity index (χ3v) is 3.35. The van der Waals surface area contributed by atoms with Gasteiger partial charge < -0.3 is 10.0 Å². The number of rotatable bonds is 1. The normalized spacial score (nSPS) is 25.7. The number of ketones is 1. The SMILES string of the molecule is CC(C)(C)[C@@H](O)N1CCC(=O)C(Br)C1=O. The van der Waals surface area contributed by atoms with Crippen molar-refractivity contribution in [3.8, 4) is 0 Å². The molecule has 1 heterocycles. The van der Waals surface area contributed by atoms with Crippen molar-refractivity contribution in [3.63, 3.8) is 0 Å². The van der Waals surface area contributed by atoms with Gasteiger partial charge in [-0.2, -0.15) is 0 Å². The zero-order valence-corrected chi connectivity index (χ0v) is 10.7. The molecule has 2 atom stereocenters. The van der Waals surface area contributed by atoms with Gasteiger partial charge in [-0.15, -0.1) is 0 Å². The minimum Gasteiger partial charge on any atom is -0.373 e. The van der Waals surface area contributed by atoms with Crippen LogP contribution >= 0.6 is 15.9 Å². The monoisotopic (exact) mass is 277 g/mol. The van der Waals surface area contributed by atoms with Crippen LogP contribution in [0.1, 0.15) is 27.2 Å². The van der Waals surface area contributed by atoms with E-state index < -0.39 is 16.5 Å². The van der Waals surface area contributed by atoms with E-state index in [4.69, 9.17) is 0 Å². The Morgan fingerprint density at radius 3 is 2.47 bits per heavy atom. The number of Topliss-reactive ketones (excluding diaryl/α,β-unsaturated/α-hetero) is 1. The average Bonchev–Trinajstić information content (AvgIpc) is 2.12. The van der Waals surface area contributed by atoms with Crippen LogP contribution in [0.2, 0.25) is 0 Å². The summed E-state index contributed by atoms with van der Waals surface area (Å²) in [6.45, 7) is 5.86. The lowest BCUT2D eigenvalue weighted by molar-refractivity contribution is -0.155. The third-order valence-electron chi connectivity index (χ3n) is 2.45. The summed E-state index contributed by atoms with van der Waals surface area (Å²) in [5.41, 5.74) is -0.400. The largest absolute Gasteiger partial charge is 0.373 e. The second-order valence-corrected chi connectivity index (χ2v) is 5.77. The molecule has 0 bridgehead atoms. The Kier molecular flexibility index (Phi) is 3.55. The molecule has 0 radical (unpaired) electrons. The first-order chi connectivity index (χ1) is 6.75. The fourth-order valence-electron chi connectivity index (χ4n) is 1.46. The Hall–Kier alpha value is -0.420. The molecule has 0 aliphatic carbocycles. The van der Waals surface area contributed by atoms with Gasteiger partial charge in [-0.25, -0.2) is 0 Å². The molecule has 1 unspecified atom stereocenters. The van der Waals surface area contributed by atoms with Crippen LogP contribution in [0.5, 0.6) is 0 Å². The molecule has 0 aromatic carbocycles. The molecule has 1 rings (SSSR count). The number of piperidine rings is 1. The highest BCUT2D eigenvalue weighted by atomic mass is 79.9. The second-order valence-electron chi connectivity index (χ2n) is 4.85. The van der Waals surface area contributed by atoms with Crippen LogP contribution in [0.3, 0.4) is 0 Å². The van der Waals surface area contributed by atoms with Gasteiger partial charge in [-0.3, -0.25) is 9.59 Å². The first kappa shape index (κ1) is 12.6. The maximum atomic E-state index is 11.7. The van der Waals surface area contributed by atoms with Crippen LogP contribution in [0.4, 0.5) is 0 Å². The number of hydrogen-bond donors (Lipinski definition) is 1. The summed E-state index contributed by atoms with van der Waals surface area (Å²) in [5, 5.41) is 9.96. The predicted molar refractivity (Wildman–Crippen MR) is 59.5 cm³/mol. The summed E-state index contributed by atoms with van der Waals surface area (Å²) >= 11 is 3.04. The van der Waals surface area contributed by atoms with Gasteiger partial charge in [0.1, 0.15) is 6.23 Å². The minimum absolute atomic E-state index is 0.114. The van der Waals surface area contributed by atoms with Crippen molar-refractivity contribution in [1.82, 2.24) is 4.90 Å². The van der Waals surface area contributed by atoms with Gasteiger partial charge in [0.05, 0.1) is 0 Å². The molecule has 1 saturated heterocycles. The highest BCUT2D eigenvalue weighted by Crippen LogP contribution is 2.26. The first-order valence-electron chi connectivity index (χ1n) is 4.90. The summed E-state index contributed by atoms with van der Waals surface area (Å²) in [6, 6.07) is 0. The zero-order valence-electron chi connectivity index (χ0n) is 9.16. The van der Waals surface area contributed by atoms with Crippen LogP contribution in [-0.2, 0) is 9.59 Å². The van der Waals surface area contributed by atoms with E-state index in [-0.39, 0.29) is 11.7 Å². The number of amides is 1. The molecular weight excluding hydrogens is 262 g/mol. The zero-order chi connectivity index (χ0) is 11.8. The number of aliphatic hydroxyl groups is 1. The summed E-state index contributed by atoms with van der Waals surface area (Å²) in [5.74, 6) is -0.453. The molecule has 5 heteroatoms. The van der Waals surface area contributed by atoms with Gasteiger partial charge in [0, 0.05) is 18.4 Å². The molecule has 1 N–H and O–H groups in total. The Morgan fingerprint density at radius 1 is 1.47 bits per heavy atom. The maximum Gasteiger partial charge on any atom is 0.245 e. The molecule has 86 valence electrons. The molecule has 1 aliphatic rings. The second kappa shape index (κ2) is 4.22. The van der Waals surface area contributed by atoms with Gasteiger partial charge >= 0.3 is 0 Å². The van der Waals surface area contributed by atoms with E-state index in [0.717, 1.165) is 0 Å². The van der Waals surface area contributed by atoms with Crippen molar-refractivity contribution in [2.45, 2.75) is 38.2 Å². The fourth-order valence-corrected chi connectivity index (χ4v) is 1.95. The molecule has 1 amide bonds. The van der Waals surface area contributed by atoms with E-state index in [1.807, 2.05) is 20.8 Å². The van der Waals surface area contributed by atoms with E-state index in [1.165, 1.54) is 4.90 Å². The lowest BCUT2D eigenvalue weighted by Crippen LogP contribution is -2.55. The molecule has 0 aromatic heterocycles. The third kappa shape index (κ3) is 2.58. The van der Waals surface area contributed by atoms with Gasteiger partial charge in [-0.1, -0.05) is 36.7 Å². The Labute approximate surface area is 97.8 Å². The predicted octanol–water partition coefficient (Wildman–Crippen LogP) is 0.916. The van der Waals surface area contributed by atoms with Gasteiger partial charge in [-0.05, 0) is 0 Å². The Balaban J connectivity index is 2.81. The highest BCUT2D eigenvalue weighted by Gasteiger charge is 2.39. The molecule has 4 nitrogen and oxygen atoms in total. The average molecular weight is 278 g/mol. The van der Waals surface area contributed by atoms with Crippen LogP contribution in [0.15, 0.2) is 0 Å². The summed E-state index contributed by atoms with van der Waals surface area (Å²) in [7, 11) is 0. The maximum absolute atomic E-state index is 11.7. The fraction of sp³-hybridized carbons (Fsp3) is 0.800. The Bertz CT molecular complexity index is 285. The number of likely N-dealkylation sites (tertiary alicyclic amines) is 1. The summed E-state index contributed by atoms with van der Waals surface area (Å²) in [4.78, 5) is 23.5. The van der Waals surface area contributed by atoms with Crippen molar-refractivity contribution in [2.24, 2.45) is 5.41 Å². The van der Waals surface area contributed by atoms with Crippen molar-refractivity contribution in [3.05, 3.63) is 0 Å². The van der Waals surface area contributed by atoms with E-state index in [0.29, 0.717) is 13.0 Å². The number of halogens is 1. The molecule has 0 aromatic rings. The molecule has 1 aliphatic heterocycles. The number of alkyl halides is 1. The topological polar surface area (TPSA) is 57.6 Å². The molecule has 0 spiro atoms. The van der Waals surface area contributed by atoms with Gasteiger partial charge in [0.2, 0.25) is 5.91 Å². The lowest BCUT2D eigenvalue weighted by Gasteiger charge is -2.39. The number of aliphatic hydroxyl groups excluding tert-OH is 1. The molecular formula is C10H16BrNO3. The summed E-state index contributed by atoms with van der Waals surface area (Å²) < 4.78 is 0.